The van der Waals surface area contributed by atoms with Crippen molar-refractivity contribution in [2.75, 3.05) is 26.2 Å². The van der Waals surface area contributed by atoms with Crippen molar-refractivity contribution < 1.29 is 19.5 Å². The molecular formula is C13H23N3O4. The number of carbonyl (C=O) groups is 3. The molecule has 0 radical (unpaired) electrons. The van der Waals surface area contributed by atoms with Crippen LogP contribution in [0.3, 0.4) is 0 Å². The molecule has 0 aromatic carbocycles. The molecule has 1 unspecified atom stereocenters. The van der Waals surface area contributed by atoms with Crippen LogP contribution in [0.1, 0.15) is 32.6 Å². The van der Waals surface area contributed by atoms with Crippen molar-refractivity contribution in [2.24, 2.45) is 5.92 Å². The molecule has 1 atom stereocenters. The van der Waals surface area contributed by atoms with Gasteiger partial charge in [-0.2, -0.15) is 0 Å². The van der Waals surface area contributed by atoms with Crippen LogP contribution in [0.2, 0.25) is 0 Å². The van der Waals surface area contributed by atoms with Gasteiger partial charge >= 0.3 is 12.0 Å². The van der Waals surface area contributed by atoms with E-state index < -0.39 is 11.9 Å². The van der Waals surface area contributed by atoms with Gasteiger partial charge in [-0.05, 0) is 19.3 Å². The molecule has 0 saturated carbocycles. The van der Waals surface area contributed by atoms with Crippen molar-refractivity contribution in [3.05, 3.63) is 0 Å². The van der Waals surface area contributed by atoms with Crippen LogP contribution in [0, 0.1) is 5.92 Å². The molecule has 114 valence electrons. The largest absolute Gasteiger partial charge is 0.481 e. The number of carboxylic acids is 1. The summed E-state index contributed by atoms with van der Waals surface area (Å²) in [7, 11) is 0. The van der Waals surface area contributed by atoms with Gasteiger partial charge in [-0.25, -0.2) is 4.79 Å². The zero-order valence-corrected chi connectivity index (χ0v) is 11.9. The normalized spacial score (nSPS) is 15.8. The molecule has 3 N–H and O–H groups in total. The Labute approximate surface area is 118 Å². The third-order valence-corrected chi connectivity index (χ3v) is 3.37. The number of aliphatic carboxylic acids is 1. The van der Waals surface area contributed by atoms with Crippen LogP contribution >= 0.6 is 0 Å². The number of rotatable bonds is 7. The number of carbonyl (C=O) groups excluding carboxylic acids is 2. The van der Waals surface area contributed by atoms with Crippen LogP contribution in [0.5, 0.6) is 0 Å². The number of likely N-dealkylation sites (tertiary alicyclic amines) is 1. The molecule has 1 rings (SSSR count). The average Bonchev–Trinajstić information content (AvgIpc) is 2.92. The van der Waals surface area contributed by atoms with Crippen molar-refractivity contribution in [2.45, 2.75) is 32.6 Å². The predicted molar refractivity (Wildman–Crippen MR) is 73.2 cm³/mol. The quantitative estimate of drug-likeness (QED) is 0.631. The number of urea groups is 1. The lowest BCUT2D eigenvalue weighted by Crippen LogP contribution is -2.39. The zero-order valence-electron chi connectivity index (χ0n) is 11.9. The zero-order chi connectivity index (χ0) is 15.0. The Bertz CT molecular complexity index is 354. The number of amides is 3. The second kappa shape index (κ2) is 8.39. The Hall–Kier alpha value is -1.79. The number of carboxylic acid groups (broad SMARTS) is 1. The minimum Gasteiger partial charge on any atom is -0.481 e. The molecule has 7 nitrogen and oxygen atoms in total. The molecule has 0 spiro atoms. The molecule has 1 aliphatic heterocycles. The summed E-state index contributed by atoms with van der Waals surface area (Å²) in [6.45, 7) is 3.84. The van der Waals surface area contributed by atoms with Crippen LogP contribution < -0.4 is 10.6 Å². The first kappa shape index (κ1) is 16.3. The molecular weight excluding hydrogens is 262 g/mol. The Balaban J connectivity index is 2.05. The van der Waals surface area contributed by atoms with Crippen LogP contribution in [0.4, 0.5) is 4.79 Å². The van der Waals surface area contributed by atoms with Gasteiger partial charge in [-0.3, -0.25) is 9.59 Å². The van der Waals surface area contributed by atoms with Crippen LogP contribution in [0.25, 0.3) is 0 Å². The molecule has 1 saturated heterocycles. The summed E-state index contributed by atoms with van der Waals surface area (Å²) in [5.41, 5.74) is 0. The van der Waals surface area contributed by atoms with Gasteiger partial charge < -0.3 is 20.6 Å². The second-order valence-electron chi connectivity index (χ2n) is 5.05. The highest BCUT2D eigenvalue weighted by Crippen LogP contribution is 2.08. The highest BCUT2D eigenvalue weighted by molar-refractivity contribution is 5.78. The van der Waals surface area contributed by atoms with Gasteiger partial charge in [0.15, 0.2) is 0 Å². The van der Waals surface area contributed by atoms with E-state index >= 15 is 0 Å². The fourth-order valence-electron chi connectivity index (χ4n) is 2.00. The minimum atomic E-state index is -0.872. The highest BCUT2D eigenvalue weighted by atomic mass is 16.4. The van der Waals surface area contributed by atoms with E-state index in [9.17, 15) is 14.4 Å². The molecule has 1 fully saturated rings. The number of hydrogen-bond acceptors (Lipinski definition) is 3. The number of hydrogen-bond donors (Lipinski definition) is 3. The van der Waals surface area contributed by atoms with Gasteiger partial charge in [0.2, 0.25) is 5.91 Å². The maximum Gasteiger partial charge on any atom is 0.314 e. The van der Waals surface area contributed by atoms with Crippen molar-refractivity contribution in [3.8, 4) is 0 Å². The van der Waals surface area contributed by atoms with Crippen LogP contribution in [-0.2, 0) is 9.59 Å². The topological polar surface area (TPSA) is 98.7 Å². The van der Waals surface area contributed by atoms with Crippen LogP contribution in [-0.4, -0.2) is 54.1 Å². The van der Waals surface area contributed by atoms with Gasteiger partial charge in [0.05, 0.1) is 5.92 Å². The predicted octanol–water partition coefficient (Wildman–Crippen LogP) is 0.409. The van der Waals surface area contributed by atoms with Gasteiger partial charge in [-0.15, -0.1) is 0 Å². The summed E-state index contributed by atoms with van der Waals surface area (Å²) < 4.78 is 0. The molecule has 0 aliphatic carbocycles. The van der Waals surface area contributed by atoms with Crippen molar-refractivity contribution in [3.63, 3.8) is 0 Å². The summed E-state index contributed by atoms with van der Waals surface area (Å²) in [5, 5.41) is 13.9. The summed E-state index contributed by atoms with van der Waals surface area (Å²) in [4.78, 5) is 35.5. The summed E-state index contributed by atoms with van der Waals surface area (Å²) in [5.74, 6) is -1.28. The molecule has 0 aromatic heterocycles. The lowest BCUT2D eigenvalue weighted by molar-refractivity contribution is -0.141. The summed E-state index contributed by atoms with van der Waals surface area (Å²) in [6.07, 6.45) is 2.80. The minimum absolute atomic E-state index is 0.0716. The first-order valence-electron chi connectivity index (χ1n) is 7.03. The number of nitrogens with one attached hydrogen (secondary N) is 2. The molecule has 20 heavy (non-hydrogen) atoms. The van der Waals surface area contributed by atoms with E-state index in [0.29, 0.717) is 25.9 Å². The van der Waals surface area contributed by atoms with Crippen LogP contribution in [0.15, 0.2) is 0 Å². The van der Waals surface area contributed by atoms with Crippen molar-refractivity contribution in [1.29, 1.82) is 0 Å². The van der Waals surface area contributed by atoms with Gasteiger partial charge in [0, 0.05) is 32.6 Å². The van der Waals surface area contributed by atoms with Crippen molar-refractivity contribution >= 4 is 17.9 Å². The van der Waals surface area contributed by atoms with Gasteiger partial charge in [0.25, 0.3) is 0 Å². The maximum absolute atomic E-state index is 11.7. The van der Waals surface area contributed by atoms with E-state index in [1.165, 1.54) is 0 Å². The van der Waals surface area contributed by atoms with Gasteiger partial charge in [-0.1, -0.05) is 6.92 Å². The molecule has 3 amide bonds. The Kier molecular flexibility index (Phi) is 6.83. The lowest BCUT2D eigenvalue weighted by Gasteiger charge is -2.15. The molecule has 7 heteroatoms. The van der Waals surface area contributed by atoms with E-state index in [2.05, 4.69) is 10.6 Å². The Morgan fingerprint density at radius 3 is 2.35 bits per heavy atom. The standard InChI is InChI=1S/C13H23N3O4/c1-10(12(18)19)4-6-14-13(20)15-7-5-11(17)16-8-2-3-9-16/h10H,2-9H2,1H3,(H,18,19)(H2,14,15,20). The smallest absolute Gasteiger partial charge is 0.314 e. The first-order chi connectivity index (χ1) is 9.50. The van der Waals surface area contributed by atoms with E-state index in [1.807, 2.05) is 4.90 Å². The summed E-state index contributed by atoms with van der Waals surface area (Å²) >= 11 is 0. The van der Waals surface area contributed by atoms with E-state index in [0.717, 1.165) is 25.9 Å². The third kappa shape index (κ3) is 5.90. The van der Waals surface area contributed by atoms with E-state index in [4.69, 9.17) is 5.11 Å². The molecule has 1 heterocycles. The maximum atomic E-state index is 11.7. The fourth-order valence-corrected chi connectivity index (χ4v) is 2.00. The Morgan fingerprint density at radius 1 is 1.15 bits per heavy atom. The number of nitrogens with zero attached hydrogens (tertiary/aromatic N) is 1. The van der Waals surface area contributed by atoms with E-state index in [-0.39, 0.29) is 11.9 Å². The first-order valence-corrected chi connectivity index (χ1v) is 7.03. The average molecular weight is 285 g/mol. The fraction of sp³-hybridized carbons (Fsp3) is 0.769. The monoisotopic (exact) mass is 285 g/mol. The molecule has 1 aliphatic rings. The van der Waals surface area contributed by atoms with Crippen molar-refractivity contribution in [1.82, 2.24) is 15.5 Å². The second-order valence-corrected chi connectivity index (χ2v) is 5.05. The summed E-state index contributed by atoms with van der Waals surface area (Å²) in [6, 6.07) is -0.364. The highest BCUT2D eigenvalue weighted by Gasteiger charge is 2.17. The molecule has 0 aromatic rings. The lowest BCUT2D eigenvalue weighted by atomic mass is 10.1. The Morgan fingerprint density at radius 2 is 1.75 bits per heavy atom. The molecule has 0 bridgehead atoms. The SMILES string of the molecule is CC(CCNC(=O)NCCC(=O)N1CCCC1)C(=O)O. The third-order valence-electron chi connectivity index (χ3n) is 3.37. The van der Waals surface area contributed by atoms with E-state index in [1.54, 1.807) is 6.92 Å². The van der Waals surface area contributed by atoms with Gasteiger partial charge in [0.1, 0.15) is 0 Å².